The van der Waals surface area contributed by atoms with Crippen molar-refractivity contribution in [3.05, 3.63) is 51.8 Å². The molecule has 0 amide bonds. The summed E-state index contributed by atoms with van der Waals surface area (Å²) in [5, 5.41) is 0. The molecule has 1 heterocycles. The van der Waals surface area contributed by atoms with Crippen LogP contribution in [0, 0.1) is 13.8 Å². The lowest BCUT2D eigenvalue weighted by Crippen LogP contribution is -2.02. The molecule has 0 saturated heterocycles. The van der Waals surface area contributed by atoms with Crippen molar-refractivity contribution in [2.45, 2.75) is 13.8 Å². The summed E-state index contributed by atoms with van der Waals surface area (Å²) in [6.45, 7) is 3.87. The van der Waals surface area contributed by atoms with E-state index in [9.17, 15) is 4.79 Å². The number of rotatable bonds is 2. The number of benzene rings is 1. The highest BCUT2D eigenvalue weighted by molar-refractivity contribution is 5.67. The molecule has 0 saturated carbocycles. The van der Waals surface area contributed by atoms with E-state index in [0.717, 1.165) is 28.3 Å². The maximum atomic E-state index is 11.5. The molecule has 0 spiro atoms. The Balaban J connectivity index is 2.63. The molecule has 2 aromatic rings. The first-order valence-corrected chi connectivity index (χ1v) is 5.46. The number of aryl methyl sites for hydroxylation is 2. The standard InChI is InChI=1S/C14H15NO2/c1-9-4-5-12(14(6-9)17-3)13-8-11(16)7-10(2)15-13/h4-8H,1-3H3,(H,15,16). The van der Waals surface area contributed by atoms with Gasteiger partial charge in [0.25, 0.3) is 0 Å². The summed E-state index contributed by atoms with van der Waals surface area (Å²) in [4.78, 5) is 14.7. The van der Waals surface area contributed by atoms with E-state index in [2.05, 4.69) is 4.98 Å². The monoisotopic (exact) mass is 229 g/mol. The fourth-order valence-corrected chi connectivity index (χ4v) is 1.85. The van der Waals surface area contributed by atoms with Crippen molar-refractivity contribution in [2.24, 2.45) is 0 Å². The van der Waals surface area contributed by atoms with E-state index in [0.29, 0.717) is 0 Å². The molecular weight excluding hydrogens is 214 g/mol. The summed E-state index contributed by atoms with van der Waals surface area (Å²) in [6, 6.07) is 9.07. The average molecular weight is 229 g/mol. The minimum absolute atomic E-state index is 0.00104. The van der Waals surface area contributed by atoms with E-state index in [4.69, 9.17) is 4.74 Å². The summed E-state index contributed by atoms with van der Waals surface area (Å²) >= 11 is 0. The van der Waals surface area contributed by atoms with Crippen molar-refractivity contribution >= 4 is 0 Å². The zero-order valence-electron chi connectivity index (χ0n) is 10.2. The van der Waals surface area contributed by atoms with E-state index in [-0.39, 0.29) is 5.43 Å². The van der Waals surface area contributed by atoms with Gasteiger partial charge in [-0.25, -0.2) is 0 Å². The van der Waals surface area contributed by atoms with Gasteiger partial charge in [0.1, 0.15) is 5.75 Å². The lowest BCUT2D eigenvalue weighted by Gasteiger charge is -2.10. The molecule has 3 heteroatoms. The van der Waals surface area contributed by atoms with Gasteiger partial charge >= 0.3 is 0 Å². The molecule has 17 heavy (non-hydrogen) atoms. The quantitative estimate of drug-likeness (QED) is 0.860. The van der Waals surface area contributed by atoms with Gasteiger partial charge < -0.3 is 9.72 Å². The zero-order valence-corrected chi connectivity index (χ0v) is 10.2. The van der Waals surface area contributed by atoms with Gasteiger partial charge in [-0.05, 0) is 31.5 Å². The molecule has 0 unspecified atom stereocenters. The van der Waals surface area contributed by atoms with Crippen LogP contribution in [0.3, 0.4) is 0 Å². The van der Waals surface area contributed by atoms with Crippen molar-refractivity contribution in [3.8, 4) is 17.0 Å². The van der Waals surface area contributed by atoms with Crippen molar-refractivity contribution in [3.63, 3.8) is 0 Å². The molecule has 0 radical (unpaired) electrons. The number of H-pyrrole nitrogens is 1. The second-order valence-electron chi connectivity index (χ2n) is 4.12. The minimum atomic E-state index is -0.00104. The first kappa shape index (κ1) is 11.5. The fourth-order valence-electron chi connectivity index (χ4n) is 1.85. The van der Waals surface area contributed by atoms with E-state index < -0.39 is 0 Å². The third-order valence-electron chi connectivity index (χ3n) is 2.62. The molecule has 0 aliphatic rings. The Bertz CT molecular complexity index is 599. The van der Waals surface area contributed by atoms with Crippen LogP contribution in [0.25, 0.3) is 11.3 Å². The van der Waals surface area contributed by atoms with Crippen LogP contribution < -0.4 is 10.2 Å². The van der Waals surface area contributed by atoms with Crippen LogP contribution in [0.2, 0.25) is 0 Å². The summed E-state index contributed by atoms with van der Waals surface area (Å²) in [5.41, 5.74) is 3.65. The molecule has 3 nitrogen and oxygen atoms in total. The average Bonchev–Trinajstić information content (AvgIpc) is 2.27. The van der Waals surface area contributed by atoms with Gasteiger partial charge in [-0.15, -0.1) is 0 Å². The van der Waals surface area contributed by atoms with E-state index in [1.807, 2.05) is 32.0 Å². The number of nitrogens with one attached hydrogen (secondary N) is 1. The lowest BCUT2D eigenvalue weighted by atomic mass is 10.1. The third-order valence-corrected chi connectivity index (χ3v) is 2.62. The molecule has 0 aliphatic heterocycles. The number of methoxy groups -OCH3 is 1. The highest BCUT2D eigenvalue weighted by Crippen LogP contribution is 2.28. The van der Waals surface area contributed by atoms with E-state index >= 15 is 0 Å². The largest absolute Gasteiger partial charge is 0.496 e. The number of aromatic amines is 1. The Labute approximate surface area is 100 Å². The number of ether oxygens (including phenoxy) is 1. The van der Waals surface area contributed by atoms with Gasteiger partial charge in [-0.1, -0.05) is 6.07 Å². The van der Waals surface area contributed by atoms with E-state index in [1.54, 1.807) is 19.2 Å². The Kier molecular flexibility index (Phi) is 3.00. The zero-order chi connectivity index (χ0) is 12.4. The van der Waals surface area contributed by atoms with Crippen LogP contribution >= 0.6 is 0 Å². The van der Waals surface area contributed by atoms with Crippen LogP contribution in [0.15, 0.2) is 35.1 Å². The number of pyridine rings is 1. The maximum absolute atomic E-state index is 11.5. The van der Waals surface area contributed by atoms with Crippen LogP contribution in [0.1, 0.15) is 11.3 Å². The Morgan fingerprint density at radius 1 is 1.12 bits per heavy atom. The van der Waals surface area contributed by atoms with Gasteiger partial charge in [0.2, 0.25) is 0 Å². The smallest absolute Gasteiger partial charge is 0.182 e. The van der Waals surface area contributed by atoms with E-state index in [1.165, 1.54) is 0 Å². The van der Waals surface area contributed by atoms with Gasteiger partial charge in [0, 0.05) is 23.4 Å². The molecular formula is C14H15NO2. The third kappa shape index (κ3) is 2.38. The molecule has 1 aromatic heterocycles. The molecule has 1 N–H and O–H groups in total. The Morgan fingerprint density at radius 2 is 1.88 bits per heavy atom. The highest BCUT2D eigenvalue weighted by atomic mass is 16.5. The predicted molar refractivity (Wildman–Crippen MR) is 68.5 cm³/mol. The second kappa shape index (κ2) is 4.45. The molecule has 1 aromatic carbocycles. The van der Waals surface area contributed by atoms with Crippen molar-refractivity contribution in [1.29, 1.82) is 0 Å². The molecule has 88 valence electrons. The van der Waals surface area contributed by atoms with Crippen LogP contribution in [-0.2, 0) is 0 Å². The van der Waals surface area contributed by atoms with Crippen LogP contribution in [-0.4, -0.2) is 12.1 Å². The number of aromatic nitrogens is 1. The topological polar surface area (TPSA) is 42.1 Å². The maximum Gasteiger partial charge on any atom is 0.182 e. The number of hydrogen-bond acceptors (Lipinski definition) is 2. The van der Waals surface area contributed by atoms with Crippen molar-refractivity contribution < 1.29 is 4.74 Å². The van der Waals surface area contributed by atoms with Gasteiger partial charge in [-0.3, -0.25) is 4.79 Å². The first-order chi connectivity index (χ1) is 8.10. The molecule has 0 bridgehead atoms. The Morgan fingerprint density at radius 3 is 2.53 bits per heavy atom. The van der Waals surface area contributed by atoms with Crippen molar-refractivity contribution in [1.82, 2.24) is 4.98 Å². The van der Waals surface area contributed by atoms with Crippen molar-refractivity contribution in [2.75, 3.05) is 7.11 Å². The fraction of sp³-hybridized carbons (Fsp3) is 0.214. The summed E-state index contributed by atoms with van der Waals surface area (Å²) in [6.07, 6.45) is 0. The first-order valence-electron chi connectivity index (χ1n) is 5.46. The molecule has 0 aliphatic carbocycles. The molecule has 2 rings (SSSR count). The van der Waals surface area contributed by atoms with Crippen LogP contribution in [0.4, 0.5) is 0 Å². The van der Waals surface area contributed by atoms with Gasteiger partial charge in [-0.2, -0.15) is 0 Å². The molecule has 0 fully saturated rings. The normalized spacial score (nSPS) is 10.3. The van der Waals surface area contributed by atoms with Gasteiger partial charge in [0.15, 0.2) is 5.43 Å². The predicted octanol–water partition coefficient (Wildman–Crippen LogP) is 2.67. The molecule has 0 atom stereocenters. The minimum Gasteiger partial charge on any atom is -0.496 e. The summed E-state index contributed by atoms with van der Waals surface area (Å²) in [5.74, 6) is 0.770. The second-order valence-corrected chi connectivity index (χ2v) is 4.12. The summed E-state index contributed by atoms with van der Waals surface area (Å²) < 4.78 is 5.34. The highest BCUT2D eigenvalue weighted by Gasteiger charge is 2.07. The SMILES string of the molecule is COc1cc(C)ccc1-c1cc(=O)cc(C)[nH]1. The van der Waals surface area contributed by atoms with Gasteiger partial charge in [0.05, 0.1) is 12.8 Å². The van der Waals surface area contributed by atoms with Crippen LogP contribution in [0.5, 0.6) is 5.75 Å². The number of hydrogen-bond donors (Lipinski definition) is 1. The summed E-state index contributed by atoms with van der Waals surface area (Å²) in [7, 11) is 1.63. The Hall–Kier alpha value is -2.03. The lowest BCUT2D eigenvalue weighted by molar-refractivity contribution is 0.416.